The van der Waals surface area contributed by atoms with Gasteiger partial charge in [-0.05, 0) is 34.5 Å². The first-order valence-electron chi connectivity index (χ1n) is 5.57. The van der Waals surface area contributed by atoms with Gasteiger partial charge in [0.25, 0.3) is 0 Å². The molecule has 1 atom stereocenters. The maximum Gasteiger partial charge on any atom is 0.226 e. The quantitative estimate of drug-likeness (QED) is 0.838. The van der Waals surface area contributed by atoms with Crippen LogP contribution in [0.3, 0.4) is 0 Å². The van der Waals surface area contributed by atoms with Crippen molar-refractivity contribution >= 4 is 31.7 Å². The fraction of sp³-hybridized carbons (Fsp3) is 0.545. The number of amides is 1. The Bertz CT molecular complexity index is 551. The SMILES string of the molecule is CN(Cc1ccc(Br)o1)C(=O)C1CCS(=O)(=O)C1. The monoisotopic (exact) mass is 335 g/mol. The Morgan fingerprint density at radius 1 is 1.56 bits per heavy atom. The van der Waals surface area contributed by atoms with Gasteiger partial charge in [-0.25, -0.2) is 8.42 Å². The minimum atomic E-state index is -3.02. The summed E-state index contributed by atoms with van der Waals surface area (Å²) in [5.74, 6) is 0.210. The van der Waals surface area contributed by atoms with Crippen molar-refractivity contribution in [1.29, 1.82) is 0 Å². The summed E-state index contributed by atoms with van der Waals surface area (Å²) in [7, 11) is -1.36. The first-order valence-corrected chi connectivity index (χ1v) is 8.18. The molecule has 0 spiro atoms. The van der Waals surface area contributed by atoms with E-state index in [2.05, 4.69) is 15.9 Å². The van der Waals surface area contributed by atoms with Crippen molar-refractivity contribution in [2.24, 2.45) is 5.92 Å². The van der Waals surface area contributed by atoms with E-state index in [-0.39, 0.29) is 17.4 Å². The van der Waals surface area contributed by atoms with Crippen molar-refractivity contribution in [2.45, 2.75) is 13.0 Å². The summed E-state index contributed by atoms with van der Waals surface area (Å²) in [6, 6.07) is 3.53. The van der Waals surface area contributed by atoms with E-state index >= 15 is 0 Å². The number of hydrogen-bond donors (Lipinski definition) is 0. The average Bonchev–Trinajstić information content (AvgIpc) is 2.83. The van der Waals surface area contributed by atoms with Gasteiger partial charge < -0.3 is 9.32 Å². The van der Waals surface area contributed by atoms with Crippen LogP contribution in [0, 0.1) is 5.92 Å². The fourth-order valence-electron chi connectivity index (χ4n) is 2.05. The number of hydrogen-bond acceptors (Lipinski definition) is 4. The second kappa shape index (κ2) is 5.05. The molecule has 2 rings (SSSR count). The Kier molecular flexibility index (Phi) is 3.82. The summed E-state index contributed by atoms with van der Waals surface area (Å²) in [5.41, 5.74) is 0. The highest BCUT2D eigenvalue weighted by Crippen LogP contribution is 2.22. The van der Waals surface area contributed by atoms with Gasteiger partial charge in [-0.2, -0.15) is 0 Å². The van der Waals surface area contributed by atoms with E-state index in [0.717, 1.165) is 0 Å². The van der Waals surface area contributed by atoms with Gasteiger partial charge in [0.15, 0.2) is 14.5 Å². The summed E-state index contributed by atoms with van der Waals surface area (Å²) in [5, 5.41) is 0. The van der Waals surface area contributed by atoms with Gasteiger partial charge in [-0.15, -0.1) is 0 Å². The lowest BCUT2D eigenvalue weighted by Crippen LogP contribution is -2.33. The molecule has 0 saturated carbocycles. The molecule has 1 aromatic rings. The predicted octanol–water partition coefficient (Wildman–Crippen LogP) is 1.44. The molecule has 0 radical (unpaired) electrons. The molecule has 1 aliphatic heterocycles. The standard InChI is InChI=1S/C11H14BrNO4S/c1-13(6-9-2-3-10(12)17-9)11(14)8-4-5-18(15,16)7-8/h2-3,8H,4-7H2,1H3. The Morgan fingerprint density at radius 3 is 2.78 bits per heavy atom. The molecular weight excluding hydrogens is 322 g/mol. The van der Waals surface area contributed by atoms with Crippen molar-refractivity contribution in [3.63, 3.8) is 0 Å². The average molecular weight is 336 g/mol. The maximum atomic E-state index is 12.1. The Balaban J connectivity index is 1.97. The lowest BCUT2D eigenvalue weighted by Gasteiger charge is -2.19. The smallest absolute Gasteiger partial charge is 0.226 e. The summed E-state index contributed by atoms with van der Waals surface area (Å²) in [6.45, 7) is 0.348. The first kappa shape index (κ1) is 13.6. The molecule has 1 fully saturated rings. The number of carbonyl (C=O) groups is 1. The molecule has 18 heavy (non-hydrogen) atoms. The van der Waals surface area contributed by atoms with Crippen molar-refractivity contribution in [3.05, 3.63) is 22.6 Å². The third-order valence-electron chi connectivity index (χ3n) is 2.98. The van der Waals surface area contributed by atoms with E-state index in [0.29, 0.717) is 23.4 Å². The van der Waals surface area contributed by atoms with Gasteiger partial charge in [0.2, 0.25) is 5.91 Å². The minimum Gasteiger partial charge on any atom is -0.452 e. The highest BCUT2D eigenvalue weighted by molar-refractivity contribution is 9.10. The molecule has 0 aliphatic carbocycles. The zero-order valence-corrected chi connectivity index (χ0v) is 12.3. The molecule has 5 nitrogen and oxygen atoms in total. The number of furan rings is 1. The van der Waals surface area contributed by atoms with Crippen LogP contribution >= 0.6 is 15.9 Å². The van der Waals surface area contributed by atoms with E-state index < -0.39 is 15.8 Å². The number of rotatable bonds is 3. The van der Waals surface area contributed by atoms with Crippen LogP contribution in [-0.2, 0) is 21.2 Å². The fourth-order valence-corrected chi connectivity index (χ4v) is 4.12. The van der Waals surface area contributed by atoms with Crippen LogP contribution in [0.1, 0.15) is 12.2 Å². The molecule has 1 aromatic heterocycles. The van der Waals surface area contributed by atoms with Gasteiger partial charge in [0, 0.05) is 7.05 Å². The van der Waals surface area contributed by atoms with Gasteiger partial charge in [-0.3, -0.25) is 4.79 Å². The van der Waals surface area contributed by atoms with Gasteiger partial charge >= 0.3 is 0 Å². The van der Waals surface area contributed by atoms with Crippen LogP contribution in [0.25, 0.3) is 0 Å². The summed E-state index contributed by atoms with van der Waals surface area (Å²) >= 11 is 3.19. The van der Waals surface area contributed by atoms with E-state index in [9.17, 15) is 13.2 Å². The number of carbonyl (C=O) groups excluding carboxylic acids is 1. The number of halogens is 1. The van der Waals surface area contributed by atoms with Gasteiger partial charge in [0.05, 0.1) is 24.0 Å². The lowest BCUT2D eigenvalue weighted by atomic mass is 10.1. The van der Waals surface area contributed by atoms with Crippen LogP contribution in [0.15, 0.2) is 21.2 Å². The van der Waals surface area contributed by atoms with Crippen molar-refractivity contribution < 1.29 is 17.6 Å². The second-order valence-electron chi connectivity index (χ2n) is 4.50. The third-order valence-corrected chi connectivity index (χ3v) is 5.17. The predicted molar refractivity (Wildman–Crippen MR) is 69.6 cm³/mol. The first-order chi connectivity index (χ1) is 8.37. The van der Waals surface area contributed by atoms with Crippen LogP contribution < -0.4 is 0 Å². The largest absolute Gasteiger partial charge is 0.452 e. The summed E-state index contributed by atoms with van der Waals surface area (Å²) in [4.78, 5) is 13.6. The van der Waals surface area contributed by atoms with Crippen LogP contribution in [0.2, 0.25) is 0 Å². The minimum absolute atomic E-state index is 0.0297. The number of sulfone groups is 1. The molecule has 2 heterocycles. The van der Waals surface area contributed by atoms with Crippen LogP contribution in [-0.4, -0.2) is 37.8 Å². The van der Waals surface area contributed by atoms with Crippen molar-refractivity contribution in [1.82, 2.24) is 4.90 Å². The number of nitrogens with zero attached hydrogens (tertiary/aromatic N) is 1. The molecular formula is C11H14BrNO4S. The Hall–Kier alpha value is -0.820. The van der Waals surface area contributed by atoms with Crippen LogP contribution in [0.4, 0.5) is 0 Å². The highest BCUT2D eigenvalue weighted by atomic mass is 79.9. The highest BCUT2D eigenvalue weighted by Gasteiger charge is 2.34. The van der Waals surface area contributed by atoms with E-state index in [1.165, 1.54) is 4.90 Å². The summed E-state index contributed by atoms with van der Waals surface area (Å²) < 4.78 is 28.6. The molecule has 7 heteroatoms. The normalized spacial score (nSPS) is 22.0. The molecule has 0 aromatic carbocycles. The van der Waals surface area contributed by atoms with E-state index in [1.807, 2.05) is 0 Å². The van der Waals surface area contributed by atoms with Crippen molar-refractivity contribution in [3.8, 4) is 0 Å². The molecule has 100 valence electrons. The van der Waals surface area contributed by atoms with E-state index in [4.69, 9.17) is 4.42 Å². The molecule has 0 N–H and O–H groups in total. The van der Waals surface area contributed by atoms with E-state index in [1.54, 1.807) is 19.2 Å². The van der Waals surface area contributed by atoms with Gasteiger partial charge in [-0.1, -0.05) is 0 Å². The third kappa shape index (κ3) is 3.14. The molecule has 1 aliphatic rings. The topological polar surface area (TPSA) is 67.6 Å². The maximum absolute atomic E-state index is 12.1. The molecule has 1 unspecified atom stereocenters. The zero-order valence-electron chi connectivity index (χ0n) is 9.93. The Morgan fingerprint density at radius 2 is 2.28 bits per heavy atom. The lowest BCUT2D eigenvalue weighted by molar-refractivity contribution is -0.134. The van der Waals surface area contributed by atoms with Gasteiger partial charge in [0.1, 0.15) is 5.76 Å². The Labute approximate surface area is 114 Å². The van der Waals surface area contributed by atoms with Crippen molar-refractivity contribution in [2.75, 3.05) is 18.6 Å². The van der Waals surface area contributed by atoms with Crippen LogP contribution in [0.5, 0.6) is 0 Å². The zero-order chi connectivity index (χ0) is 13.3. The molecule has 1 saturated heterocycles. The molecule has 1 amide bonds. The molecule has 0 bridgehead atoms. The summed E-state index contributed by atoms with van der Waals surface area (Å²) in [6.07, 6.45) is 0.424. The second-order valence-corrected chi connectivity index (χ2v) is 7.51.